The lowest BCUT2D eigenvalue weighted by Gasteiger charge is -2.25. The molecule has 8 heteroatoms. The molecule has 8 nitrogen and oxygen atoms in total. The topological polar surface area (TPSA) is 119 Å². The minimum absolute atomic E-state index is 0.0137. The number of benzene rings is 1. The Bertz CT molecular complexity index is 593. The molecule has 1 amide bonds. The van der Waals surface area contributed by atoms with Crippen LogP contribution in [0.4, 0.5) is 10.5 Å². The average molecular weight is 336 g/mol. The first kappa shape index (κ1) is 17.7. The number of non-ortho nitro benzene ring substituents is 1. The fourth-order valence-corrected chi connectivity index (χ4v) is 2.75. The predicted molar refractivity (Wildman–Crippen MR) is 84.4 cm³/mol. The van der Waals surface area contributed by atoms with E-state index in [9.17, 15) is 19.7 Å². The zero-order valence-electron chi connectivity index (χ0n) is 13.1. The van der Waals surface area contributed by atoms with Gasteiger partial charge in [-0.15, -0.1) is 0 Å². The quantitative estimate of drug-likeness (QED) is 0.609. The third-order valence-corrected chi connectivity index (χ3v) is 4.25. The molecule has 1 aromatic rings. The summed E-state index contributed by atoms with van der Waals surface area (Å²) in [6.07, 6.45) is 2.28. The van der Waals surface area contributed by atoms with Crippen molar-refractivity contribution in [3.05, 3.63) is 39.9 Å². The van der Waals surface area contributed by atoms with Crippen molar-refractivity contribution in [2.45, 2.75) is 32.3 Å². The second-order valence-corrected chi connectivity index (χ2v) is 5.94. The zero-order valence-corrected chi connectivity index (χ0v) is 13.1. The molecule has 1 saturated carbocycles. The Balaban J connectivity index is 1.67. The summed E-state index contributed by atoms with van der Waals surface area (Å²) in [5.74, 6) is -0.744. The summed E-state index contributed by atoms with van der Waals surface area (Å²) in [6, 6.07) is 5.80. The maximum Gasteiger partial charge on any atom is 0.407 e. The van der Waals surface area contributed by atoms with Crippen molar-refractivity contribution in [1.82, 2.24) is 5.32 Å². The van der Waals surface area contributed by atoms with Gasteiger partial charge in [-0.2, -0.15) is 0 Å². The van der Waals surface area contributed by atoms with Crippen LogP contribution in [0.15, 0.2) is 24.3 Å². The lowest BCUT2D eigenvalue weighted by Crippen LogP contribution is -2.32. The molecule has 0 saturated heterocycles. The summed E-state index contributed by atoms with van der Waals surface area (Å²) in [5, 5.41) is 22.2. The first-order chi connectivity index (χ1) is 11.5. The smallest absolute Gasteiger partial charge is 0.407 e. The molecule has 1 aliphatic rings. The lowest BCUT2D eigenvalue weighted by molar-refractivity contribution is -0.384. The molecule has 1 fully saturated rings. The summed E-state index contributed by atoms with van der Waals surface area (Å²) in [7, 11) is 0. The molecule has 0 bridgehead atoms. The average Bonchev–Trinajstić information content (AvgIpc) is 2.58. The highest BCUT2D eigenvalue weighted by atomic mass is 16.6. The van der Waals surface area contributed by atoms with Gasteiger partial charge in [-0.05, 0) is 49.3 Å². The number of ether oxygens (including phenoxy) is 1. The zero-order chi connectivity index (χ0) is 17.5. The molecular weight excluding hydrogens is 316 g/mol. The van der Waals surface area contributed by atoms with Gasteiger partial charge in [0.15, 0.2) is 0 Å². The molecule has 2 rings (SSSR count). The van der Waals surface area contributed by atoms with Crippen LogP contribution in [0.25, 0.3) is 0 Å². The summed E-state index contributed by atoms with van der Waals surface area (Å²) in [5.41, 5.74) is 0.651. The minimum atomic E-state index is -0.746. The van der Waals surface area contributed by atoms with E-state index in [1.807, 2.05) is 0 Å². The highest BCUT2D eigenvalue weighted by Gasteiger charge is 2.26. The number of rotatable bonds is 6. The van der Waals surface area contributed by atoms with Crippen LogP contribution >= 0.6 is 0 Å². The molecule has 0 spiro atoms. The van der Waals surface area contributed by atoms with Gasteiger partial charge in [0.1, 0.15) is 6.61 Å². The van der Waals surface area contributed by atoms with Crippen LogP contribution in [0, 0.1) is 22.0 Å². The Kier molecular flexibility index (Phi) is 6.11. The van der Waals surface area contributed by atoms with Crippen LogP contribution in [0.3, 0.4) is 0 Å². The van der Waals surface area contributed by atoms with E-state index < -0.39 is 17.0 Å². The fourth-order valence-electron chi connectivity index (χ4n) is 2.75. The van der Waals surface area contributed by atoms with Crippen LogP contribution in [0.5, 0.6) is 0 Å². The standard InChI is InChI=1S/C16H20N2O6/c19-15(20)13-5-1-11(2-6-13)9-17-16(21)24-10-12-3-7-14(8-4-12)18(22)23/h3-4,7-8,11,13H,1-2,5-6,9-10H2,(H,17,21)(H,19,20)/t11-,13-. The van der Waals surface area contributed by atoms with E-state index in [1.165, 1.54) is 12.1 Å². The highest BCUT2D eigenvalue weighted by molar-refractivity contribution is 5.70. The summed E-state index contributed by atoms with van der Waals surface area (Å²) in [4.78, 5) is 32.6. The number of carbonyl (C=O) groups is 2. The van der Waals surface area contributed by atoms with Gasteiger partial charge in [-0.25, -0.2) is 4.79 Å². The number of nitrogens with one attached hydrogen (secondary N) is 1. The second kappa shape index (κ2) is 8.28. The SMILES string of the molecule is O=C(NC[C@H]1CC[C@H](C(=O)O)CC1)OCc1ccc([N+](=O)[O-])cc1. The Hall–Kier alpha value is -2.64. The number of hydrogen-bond donors (Lipinski definition) is 2. The van der Waals surface area contributed by atoms with Crippen molar-refractivity contribution in [3.8, 4) is 0 Å². The van der Waals surface area contributed by atoms with Gasteiger partial charge in [0.05, 0.1) is 10.8 Å². The van der Waals surface area contributed by atoms with E-state index in [1.54, 1.807) is 12.1 Å². The Morgan fingerprint density at radius 2 is 1.83 bits per heavy atom. The van der Waals surface area contributed by atoms with Crippen LogP contribution in [-0.2, 0) is 16.1 Å². The van der Waals surface area contributed by atoms with Gasteiger partial charge in [-0.3, -0.25) is 14.9 Å². The molecule has 130 valence electrons. The number of amides is 1. The summed E-state index contributed by atoms with van der Waals surface area (Å²) >= 11 is 0. The number of nitro groups is 1. The maximum absolute atomic E-state index is 11.7. The van der Waals surface area contributed by atoms with Crippen LogP contribution in [0.2, 0.25) is 0 Å². The molecule has 0 heterocycles. The third-order valence-electron chi connectivity index (χ3n) is 4.25. The van der Waals surface area contributed by atoms with Crippen molar-refractivity contribution >= 4 is 17.7 Å². The van der Waals surface area contributed by atoms with Gasteiger partial charge in [-0.1, -0.05) is 0 Å². The van der Waals surface area contributed by atoms with Gasteiger partial charge in [0.2, 0.25) is 0 Å². The van der Waals surface area contributed by atoms with Crippen LogP contribution in [0.1, 0.15) is 31.2 Å². The third kappa shape index (κ3) is 5.22. The number of carboxylic acid groups (broad SMARTS) is 1. The molecule has 1 aliphatic carbocycles. The van der Waals surface area contributed by atoms with E-state index >= 15 is 0 Å². The van der Waals surface area contributed by atoms with Crippen molar-refractivity contribution in [3.63, 3.8) is 0 Å². The van der Waals surface area contributed by atoms with E-state index in [-0.39, 0.29) is 24.1 Å². The number of aliphatic carboxylic acids is 1. The van der Waals surface area contributed by atoms with E-state index in [0.717, 1.165) is 12.8 Å². The largest absolute Gasteiger partial charge is 0.481 e. The molecule has 0 aromatic heterocycles. The molecule has 0 radical (unpaired) electrons. The minimum Gasteiger partial charge on any atom is -0.481 e. The molecular formula is C16H20N2O6. The Morgan fingerprint density at radius 3 is 2.38 bits per heavy atom. The summed E-state index contributed by atoms with van der Waals surface area (Å²) < 4.78 is 5.06. The number of nitro benzene ring substituents is 1. The van der Waals surface area contributed by atoms with Crippen molar-refractivity contribution in [1.29, 1.82) is 0 Å². The predicted octanol–water partition coefficient (Wildman–Crippen LogP) is 2.71. The normalized spacial score (nSPS) is 20.2. The monoisotopic (exact) mass is 336 g/mol. The van der Waals surface area contributed by atoms with Gasteiger partial charge in [0.25, 0.3) is 5.69 Å². The van der Waals surface area contributed by atoms with E-state index in [0.29, 0.717) is 24.9 Å². The second-order valence-electron chi connectivity index (χ2n) is 5.94. The van der Waals surface area contributed by atoms with Crippen molar-refractivity contribution in [2.75, 3.05) is 6.54 Å². The van der Waals surface area contributed by atoms with Crippen LogP contribution < -0.4 is 5.32 Å². The first-order valence-electron chi connectivity index (χ1n) is 7.82. The Morgan fingerprint density at radius 1 is 1.21 bits per heavy atom. The van der Waals surface area contributed by atoms with Gasteiger partial charge in [0, 0.05) is 18.7 Å². The summed E-state index contributed by atoms with van der Waals surface area (Å²) in [6.45, 7) is 0.501. The number of nitrogens with zero attached hydrogens (tertiary/aromatic N) is 1. The molecule has 24 heavy (non-hydrogen) atoms. The molecule has 0 aliphatic heterocycles. The maximum atomic E-state index is 11.7. The highest BCUT2D eigenvalue weighted by Crippen LogP contribution is 2.28. The number of alkyl carbamates (subject to hydrolysis) is 1. The molecule has 2 N–H and O–H groups in total. The number of carbonyl (C=O) groups excluding carboxylic acids is 1. The number of carboxylic acids is 1. The van der Waals surface area contributed by atoms with Crippen molar-refractivity contribution in [2.24, 2.45) is 11.8 Å². The lowest BCUT2D eigenvalue weighted by atomic mass is 9.82. The molecule has 1 aromatic carbocycles. The Labute approximate surface area is 139 Å². The van der Waals surface area contributed by atoms with Gasteiger partial charge >= 0.3 is 12.1 Å². The molecule has 0 atom stereocenters. The van der Waals surface area contributed by atoms with Crippen LogP contribution in [-0.4, -0.2) is 28.6 Å². The molecule has 0 unspecified atom stereocenters. The fraction of sp³-hybridized carbons (Fsp3) is 0.500. The number of hydrogen-bond acceptors (Lipinski definition) is 5. The van der Waals surface area contributed by atoms with E-state index in [2.05, 4.69) is 5.32 Å². The first-order valence-corrected chi connectivity index (χ1v) is 7.82. The van der Waals surface area contributed by atoms with E-state index in [4.69, 9.17) is 9.84 Å². The van der Waals surface area contributed by atoms with Gasteiger partial charge < -0.3 is 15.2 Å². The van der Waals surface area contributed by atoms with Crippen molar-refractivity contribution < 1.29 is 24.4 Å².